The molecule has 0 fully saturated rings. The van der Waals surface area contributed by atoms with Crippen LogP contribution in [0.4, 0.5) is 5.69 Å². The third kappa shape index (κ3) is 4.63. The number of rotatable bonds is 7. The predicted octanol–water partition coefficient (Wildman–Crippen LogP) is 4.03. The highest BCUT2D eigenvalue weighted by atomic mass is 32.2. The van der Waals surface area contributed by atoms with E-state index < -0.39 is 16.0 Å². The number of thiophene rings is 1. The van der Waals surface area contributed by atoms with E-state index in [2.05, 4.69) is 24.5 Å². The minimum Gasteiger partial charge on any atom is -0.465 e. The molecule has 10 nitrogen and oxygen atoms in total. The average molecular weight is 500 g/mol. The number of aromatic nitrogens is 4. The molecule has 0 unspecified atom stereocenters. The third-order valence-electron chi connectivity index (χ3n) is 5.12. The summed E-state index contributed by atoms with van der Waals surface area (Å²) in [4.78, 5) is 20.1. The number of nitrogens with one attached hydrogen (secondary N) is 1. The van der Waals surface area contributed by atoms with Crippen molar-refractivity contribution < 1.29 is 22.7 Å². The molecule has 0 saturated carbocycles. The van der Waals surface area contributed by atoms with Crippen LogP contribution in [0.1, 0.15) is 26.6 Å². The third-order valence-corrected chi connectivity index (χ3v) is 7.56. The maximum absolute atomic E-state index is 12.7. The monoisotopic (exact) mass is 499 g/mol. The maximum Gasteiger partial charge on any atom is 0.349 e. The summed E-state index contributed by atoms with van der Waals surface area (Å²) in [7, 11) is -2.78. The molecule has 0 bridgehead atoms. The summed E-state index contributed by atoms with van der Waals surface area (Å²) in [5, 5.41) is 6.01. The zero-order valence-electron chi connectivity index (χ0n) is 18.8. The van der Waals surface area contributed by atoms with Crippen molar-refractivity contribution in [2.45, 2.75) is 25.7 Å². The number of hydrogen-bond acceptors (Lipinski definition) is 9. The summed E-state index contributed by atoms with van der Waals surface area (Å²) >= 11 is 0.994. The van der Waals surface area contributed by atoms with Crippen LogP contribution in [0.25, 0.3) is 5.82 Å². The molecule has 0 radical (unpaired) electrons. The van der Waals surface area contributed by atoms with Crippen molar-refractivity contribution in [1.82, 2.24) is 19.7 Å². The molecule has 3 aromatic heterocycles. The van der Waals surface area contributed by atoms with Crippen LogP contribution < -0.4 is 9.46 Å². The SMILES string of the molecule is COC(=O)c1sccc1S(=O)(=O)Nc1ccc(Oc2cc(-n3nc(C)c(C)c3C)ncn2)cc1. The Morgan fingerprint density at radius 3 is 2.47 bits per heavy atom. The summed E-state index contributed by atoms with van der Waals surface area (Å²) in [6.07, 6.45) is 1.39. The molecule has 0 aliphatic carbocycles. The molecule has 12 heteroatoms. The van der Waals surface area contributed by atoms with Crippen LogP contribution in [0.5, 0.6) is 11.6 Å². The molecular formula is C22H21N5O5S2. The van der Waals surface area contributed by atoms with Gasteiger partial charge in [0.05, 0.1) is 12.8 Å². The van der Waals surface area contributed by atoms with E-state index in [9.17, 15) is 13.2 Å². The predicted molar refractivity (Wildman–Crippen MR) is 126 cm³/mol. The molecule has 0 atom stereocenters. The molecular weight excluding hydrogens is 478 g/mol. The summed E-state index contributed by atoms with van der Waals surface area (Å²) in [6.45, 7) is 5.89. The van der Waals surface area contributed by atoms with Gasteiger partial charge in [-0.2, -0.15) is 5.10 Å². The summed E-state index contributed by atoms with van der Waals surface area (Å²) in [6, 6.07) is 9.31. The van der Waals surface area contributed by atoms with Gasteiger partial charge in [-0.05, 0) is 62.0 Å². The highest BCUT2D eigenvalue weighted by Gasteiger charge is 2.24. The first-order chi connectivity index (χ1) is 16.2. The normalized spacial score (nSPS) is 11.3. The minimum atomic E-state index is -3.98. The Bertz CT molecular complexity index is 1460. The van der Waals surface area contributed by atoms with E-state index in [0.717, 1.165) is 28.3 Å². The van der Waals surface area contributed by atoms with Crippen LogP contribution in [-0.2, 0) is 14.8 Å². The van der Waals surface area contributed by atoms with Crippen LogP contribution in [0, 0.1) is 20.8 Å². The van der Waals surface area contributed by atoms with Gasteiger partial charge in [-0.15, -0.1) is 11.3 Å². The lowest BCUT2D eigenvalue weighted by Gasteiger charge is -2.10. The van der Waals surface area contributed by atoms with Gasteiger partial charge in [0.15, 0.2) is 5.82 Å². The topological polar surface area (TPSA) is 125 Å². The molecule has 0 aliphatic heterocycles. The Hall–Kier alpha value is -3.77. The molecule has 176 valence electrons. The Kier molecular flexibility index (Phi) is 6.35. The zero-order valence-corrected chi connectivity index (χ0v) is 20.4. The molecule has 0 saturated heterocycles. The Morgan fingerprint density at radius 2 is 1.82 bits per heavy atom. The Morgan fingerprint density at radius 1 is 1.09 bits per heavy atom. The van der Waals surface area contributed by atoms with E-state index in [1.807, 2.05) is 20.8 Å². The van der Waals surface area contributed by atoms with E-state index in [1.54, 1.807) is 35.0 Å². The molecule has 0 amide bonds. The lowest BCUT2D eigenvalue weighted by Crippen LogP contribution is -2.15. The van der Waals surface area contributed by atoms with Gasteiger partial charge < -0.3 is 9.47 Å². The largest absolute Gasteiger partial charge is 0.465 e. The van der Waals surface area contributed by atoms with Crippen molar-refractivity contribution in [2.24, 2.45) is 0 Å². The zero-order chi connectivity index (χ0) is 24.5. The van der Waals surface area contributed by atoms with Gasteiger partial charge in [0.2, 0.25) is 5.88 Å². The van der Waals surface area contributed by atoms with Gasteiger partial charge in [0.25, 0.3) is 10.0 Å². The number of nitrogens with zero attached hydrogens (tertiary/aromatic N) is 4. The quantitative estimate of drug-likeness (QED) is 0.378. The van der Waals surface area contributed by atoms with Gasteiger partial charge in [-0.3, -0.25) is 4.72 Å². The summed E-state index contributed by atoms with van der Waals surface area (Å²) in [5.41, 5.74) is 3.27. The average Bonchev–Trinajstić information content (AvgIpc) is 3.42. The number of anilines is 1. The second kappa shape index (κ2) is 9.23. The lowest BCUT2D eigenvalue weighted by molar-refractivity contribution is 0.0602. The second-order valence-corrected chi connectivity index (χ2v) is 9.83. The number of ether oxygens (including phenoxy) is 2. The smallest absolute Gasteiger partial charge is 0.349 e. The number of hydrogen-bond donors (Lipinski definition) is 1. The Labute approximate surface area is 200 Å². The first-order valence-corrected chi connectivity index (χ1v) is 12.4. The van der Waals surface area contributed by atoms with Gasteiger partial charge in [0.1, 0.15) is 21.8 Å². The second-order valence-electron chi connectivity index (χ2n) is 7.26. The number of sulfonamides is 1. The maximum atomic E-state index is 12.7. The summed E-state index contributed by atoms with van der Waals surface area (Å²) < 4.78 is 40.1. The van der Waals surface area contributed by atoms with Crippen molar-refractivity contribution in [2.75, 3.05) is 11.8 Å². The number of benzene rings is 1. The van der Waals surface area contributed by atoms with Gasteiger partial charge in [-0.25, -0.2) is 27.9 Å². The fraction of sp³-hybridized carbons (Fsp3) is 0.182. The molecule has 34 heavy (non-hydrogen) atoms. The van der Waals surface area contributed by atoms with Crippen LogP contribution in [0.2, 0.25) is 0 Å². The van der Waals surface area contributed by atoms with E-state index in [-0.39, 0.29) is 9.77 Å². The molecule has 1 aromatic carbocycles. The van der Waals surface area contributed by atoms with Gasteiger partial charge >= 0.3 is 5.97 Å². The van der Waals surface area contributed by atoms with Crippen LogP contribution in [-0.4, -0.2) is 41.2 Å². The van der Waals surface area contributed by atoms with E-state index in [4.69, 9.17) is 4.74 Å². The van der Waals surface area contributed by atoms with E-state index in [1.165, 1.54) is 24.9 Å². The fourth-order valence-electron chi connectivity index (χ4n) is 3.12. The van der Waals surface area contributed by atoms with Crippen LogP contribution in [0.15, 0.2) is 53.0 Å². The molecule has 4 rings (SSSR count). The number of carbonyl (C=O) groups is 1. The first-order valence-electron chi connectivity index (χ1n) is 10.0. The van der Waals surface area contributed by atoms with Crippen molar-refractivity contribution in [3.8, 4) is 17.4 Å². The van der Waals surface area contributed by atoms with Crippen molar-refractivity contribution in [3.63, 3.8) is 0 Å². The van der Waals surface area contributed by atoms with Crippen molar-refractivity contribution >= 4 is 33.0 Å². The molecule has 0 aliphatic rings. The Balaban J connectivity index is 1.50. The van der Waals surface area contributed by atoms with Crippen LogP contribution in [0.3, 0.4) is 0 Å². The molecule has 3 heterocycles. The number of esters is 1. The number of aryl methyl sites for hydroxylation is 1. The molecule has 0 spiro atoms. The first kappa shape index (κ1) is 23.4. The summed E-state index contributed by atoms with van der Waals surface area (Å²) in [5.74, 6) is 0.617. The molecule has 1 N–H and O–H groups in total. The number of methoxy groups -OCH3 is 1. The van der Waals surface area contributed by atoms with Gasteiger partial charge in [-0.1, -0.05) is 0 Å². The van der Waals surface area contributed by atoms with E-state index in [0.29, 0.717) is 23.1 Å². The fourth-order valence-corrected chi connectivity index (χ4v) is 5.51. The molecule has 4 aromatic rings. The van der Waals surface area contributed by atoms with E-state index >= 15 is 0 Å². The standard InChI is InChI=1S/C22H21N5O5S2/c1-13-14(2)25-27(15(13)3)19-11-20(24-12-23-19)32-17-7-5-16(6-8-17)26-34(29,30)18-9-10-33-21(18)22(28)31-4/h5-12,26H,1-4H3. The van der Waals surface area contributed by atoms with Crippen LogP contribution >= 0.6 is 11.3 Å². The number of carbonyl (C=O) groups excluding carboxylic acids is 1. The van der Waals surface area contributed by atoms with Crippen molar-refractivity contribution in [3.05, 3.63) is 69.9 Å². The van der Waals surface area contributed by atoms with Gasteiger partial charge in [0, 0.05) is 17.4 Å². The lowest BCUT2D eigenvalue weighted by atomic mass is 10.2. The van der Waals surface area contributed by atoms with Crippen molar-refractivity contribution in [1.29, 1.82) is 0 Å². The highest BCUT2D eigenvalue weighted by molar-refractivity contribution is 7.93. The highest BCUT2D eigenvalue weighted by Crippen LogP contribution is 2.27. The minimum absolute atomic E-state index is 0.00678.